The first kappa shape index (κ1) is 22.3. The summed E-state index contributed by atoms with van der Waals surface area (Å²) in [6.07, 6.45) is 0. The molecule has 1 aliphatic rings. The number of aromatic nitrogens is 2. The molecule has 1 unspecified atom stereocenters. The number of anilines is 1. The fourth-order valence-corrected chi connectivity index (χ4v) is 4.05. The van der Waals surface area contributed by atoms with Gasteiger partial charge in [-0.1, -0.05) is 29.4 Å². The van der Waals surface area contributed by atoms with Gasteiger partial charge in [-0.05, 0) is 61.0 Å². The number of nitrogens with zero attached hydrogens (tertiary/aromatic N) is 3. The molecular weight excluding hydrogens is 454 g/mol. The number of hydrogen-bond donors (Lipinski definition) is 1. The first-order chi connectivity index (χ1) is 16.9. The lowest BCUT2D eigenvalue weighted by molar-refractivity contribution is 0.244. The molecule has 7 nitrogen and oxygen atoms in total. The molecule has 1 atom stereocenters. The average Bonchev–Trinajstić information content (AvgIpc) is 3.35. The summed E-state index contributed by atoms with van der Waals surface area (Å²) in [6.45, 7) is 1.75. The lowest BCUT2D eigenvalue weighted by atomic mass is 9.94. The highest BCUT2D eigenvalue weighted by Gasteiger charge is 2.36. The minimum absolute atomic E-state index is 0.162. The molecule has 0 spiro atoms. The Balaban J connectivity index is 1.64. The third-order valence-corrected chi connectivity index (χ3v) is 5.76. The largest absolute Gasteiger partial charge is 0.497 e. The van der Waals surface area contributed by atoms with Crippen LogP contribution in [-0.2, 0) is 0 Å². The molecule has 0 bridgehead atoms. The average molecular weight is 474 g/mol. The highest BCUT2D eigenvalue weighted by molar-refractivity contribution is 6.01. The molecule has 1 aromatic heterocycles. The summed E-state index contributed by atoms with van der Waals surface area (Å²) < 4.78 is 38.1. The van der Waals surface area contributed by atoms with Gasteiger partial charge in [0, 0.05) is 11.3 Å². The molecule has 0 saturated heterocycles. The predicted molar refractivity (Wildman–Crippen MR) is 125 cm³/mol. The highest BCUT2D eigenvalue weighted by Crippen LogP contribution is 2.39. The maximum atomic E-state index is 13.7. The van der Waals surface area contributed by atoms with Gasteiger partial charge in [0.2, 0.25) is 5.82 Å². The molecule has 35 heavy (non-hydrogen) atoms. The summed E-state index contributed by atoms with van der Waals surface area (Å²) in [5, 5.41) is 7.01. The van der Waals surface area contributed by atoms with Crippen LogP contribution < -0.4 is 15.0 Å². The molecule has 2 heterocycles. The van der Waals surface area contributed by atoms with E-state index in [-0.39, 0.29) is 11.7 Å². The number of carbonyl (C=O) groups excluding carboxylic acids is 1. The van der Waals surface area contributed by atoms with Crippen LogP contribution in [0.5, 0.6) is 5.75 Å². The van der Waals surface area contributed by atoms with Crippen LogP contribution in [0.1, 0.15) is 24.4 Å². The van der Waals surface area contributed by atoms with E-state index in [9.17, 15) is 13.6 Å². The molecule has 9 heteroatoms. The van der Waals surface area contributed by atoms with Crippen LogP contribution in [0.25, 0.3) is 17.0 Å². The standard InChI is InChI=1S/C26H20F2N4O3/c1-15-22(25-30-24(31-35-25)17-4-3-5-19(28)14-17)23(16-6-12-21(34-2)13-7-16)29-26(33)32(15)20-10-8-18(27)9-11-20/h3-14,23H,1-2H3,(H,29,33). The molecule has 0 fully saturated rings. The molecule has 5 rings (SSSR count). The van der Waals surface area contributed by atoms with Crippen molar-refractivity contribution in [1.82, 2.24) is 15.5 Å². The number of hydrogen-bond acceptors (Lipinski definition) is 5. The molecule has 0 radical (unpaired) electrons. The smallest absolute Gasteiger partial charge is 0.326 e. The highest BCUT2D eigenvalue weighted by atomic mass is 19.1. The lowest BCUT2D eigenvalue weighted by Crippen LogP contribution is -2.46. The Hall–Kier alpha value is -4.53. The minimum atomic E-state index is -0.620. The molecule has 4 aromatic rings. The van der Waals surface area contributed by atoms with E-state index in [0.29, 0.717) is 28.3 Å². The van der Waals surface area contributed by atoms with Gasteiger partial charge in [-0.3, -0.25) is 4.90 Å². The van der Waals surface area contributed by atoms with Crippen LogP contribution in [0.2, 0.25) is 0 Å². The fraction of sp³-hybridized carbons (Fsp3) is 0.115. The van der Waals surface area contributed by atoms with Crippen molar-refractivity contribution in [1.29, 1.82) is 0 Å². The van der Waals surface area contributed by atoms with Gasteiger partial charge >= 0.3 is 6.03 Å². The Kier molecular flexibility index (Phi) is 5.74. The number of allylic oxidation sites excluding steroid dienone is 1. The van der Waals surface area contributed by atoms with Gasteiger partial charge in [-0.2, -0.15) is 4.98 Å². The van der Waals surface area contributed by atoms with E-state index in [1.54, 1.807) is 38.3 Å². The molecular formula is C26H20F2N4O3. The van der Waals surface area contributed by atoms with Crippen molar-refractivity contribution in [3.8, 4) is 17.1 Å². The monoisotopic (exact) mass is 474 g/mol. The SMILES string of the molecule is COc1ccc(C2NC(=O)N(c3ccc(F)cc3)C(C)=C2c2nc(-c3cccc(F)c3)no2)cc1. The van der Waals surface area contributed by atoms with Gasteiger partial charge in [0.25, 0.3) is 5.89 Å². The van der Waals surface area contributed by atoms with Gasteiger partial charge in [-0.15, -0.1) is 0 Å². The lowest BCUT2D eigenvalue weighted by Gasteiger charge is -2.35. The molecule has 1 N–H and O–H groups in total. The zero-order valence-electron chi connectivity index (χ0n) is 18.8. The number of methoxy groups -OCH3 is 1. The topological polar surface area (TPSA) is 80.5 Å². The number of urea groups is 1. The third-order valence-electron chi connectivity index (χ3n) is 5.76. The normalized spacial score (nSPS) is 15.8. The van der Waals surface area contributed by atoms with Gasteiger partial charge in [0.15, 0.2) is 0 Å². The van der Waals surface area contributed by atoms with Crippen molar-refractivity contribution in [3.63, 3.8) is 0 Å². The summed E-state index contributed by atoms with van der Waals surface area (Å²) in [7, 11) is 1.57. The van der Waals surface area contributed by atoms with Crippen molar-refractivity contribution in [2.24, 2.45) is 0 Å². The molecule has 1 aliphatic heterocycles. The van der Waals surface area contributed by atoms with Gasteiger partial charge in [-0.25, -0.2) is 13.6 Å². The minimum Gasteiger partial charge on any atom is -0.497 e. The van der Waals surface area contributed by atoms with E-state index < -0.39 is 23.7 Å². The summed E-state index contributed by atoms with van der Waals surface area (Å²) in [5.41, 5.74) is 2.76. The van der Waals surface area contributed by atoms with E-state index in [0.717, 1.165) is 5.56 Å². The van der Waals surface area contributed by atoms with Crippen LogP contribution in [0.4, 0.5) is 19.3 Å². The zero-order chi connectivity index (χ0) is 24.5. The van der Waals surface area contributed by atoms with Crippen LogP contribution in [0, 0.1) is 11.6 Å². The zero-order valence-corrected chi connectivity index (χ0v) is 18.8. The van der Waals surface area contributed by atoms with Gasteiger partial charge in [0.1, 0.15) is 17.4 Å². The Morgan fingerprint density at radius 3 is 2.43 bits per heavy atom. The molecule has 0 saturated carbocycles. The summed E-state index contributed by atoms with van der Waals surface area (Å²) in [4.78, 5) is 19.1. The molecule has 2 amide bonds. The van der Waals surface area contributed by atoms with Gasteiger partial charge in [0.05, 0.1) is 24.4 Å². The van der Waals surface area contributed by atoms with E-state index in [1.165, 1.54) is 41.3 Å². The van der Waals surface area contributed by atoms with E-state index in [4.69, 9.17) is 9.26 Å². The second-order valence-corrected chi connectivity index (χ2v) is 7.90. The van der Waals surface area contributed by atoms with Crippen molar-refractivity contribution >= 4 is 17.3 Å². The number of carbonyl (C=O) groups is 1. The summed E-state index contributed by atoms with van der Waals surface area (Å²) in [6, 6.07) is 17.6. The second kappa shape index (κ2) is 9.02. The number of benzene rings is 3. The number of ether oxygens (including phenoxy) is 1. The quantitative estimate of drug-likeness (QED) is 0.400. The van der Waals surface area contributed by atoms with Crippen molar-refractivity contribution in [3.05, 3.63) is 102 Å². The van der Waals surface area contributed by atoms with Crippen molar-refractivity contribution < 1.29 is 22.8 Å². The number of halogens is 2. The Labute approximate surface area is 199 Å². The number of rotatable bonds is 5. The second-order valence-electron chi connectivity index (χ2n) is 7.90. The summed E-state index contributed by atoms with van der Waals surface area (Å²) in [5.74, 6) is 0.194. The van der Waals surface area contributed by atoms with Crippen molar-refractivity contribution in [2.45, 2.75) is 13.0 Å². The first-order valence-corrected chi connectivity index (χ1v) is 10.8. The maximum absolute atomic E-state index is 13.7. The Bertz CT molecular complexity index is 1420. The third kappa shape index (κ3) is 4.23. The maximum Gasteiger partial charge on any atom is 0.326 e. The van der Waals surface area contributed by atoms with E-state index in [1.807, 2.05) is 12.1 Å². The number of amides is 2. The molecule has 0 aliphatic carbocycles. The molecule has 176 valence electrons. The molecule has 3 aromatic carbocycles. The fourth-order valence-electron chi connectivity index (χ4n) is 4.05. The van der Waals surface area contributed by atoms with Crippen LogP contribution in [-0.4, -0.2) is 23.3 Å². The van der Waals surface area contributed by atoms with Gasteiger partial charge < -0.3 is 14.6 Å². The van der Waals surface area contributed by atoms with Crippen LogP contribution >= 0.6 is 0 Å². The Morgan fingerprint density at radius 1 is 1.00 bits per heavy atom. The van der Waals surface area contributed by atoms with E-state index >= 15 is 0 Å². The van der Waals surface area contributed by atoms with E-state index in [2.05, 4.69) is 15.5 Å². The predicted octanol–water partition coefficient (Wildman–Crippen LogP) is 5.73. The first-order valence-electron chi connectivity index (χ1n) is 10.8. The summed E-state index contributed by atoms with van der Waals surface area (Å²) >= 11 is 0. The Morgan fingerprint density at radius 2 is 1.74 bits per heavy atom. The number of nitrogens with one attached hydrogen (secondary N) is 1. The van der Waals surface area contributed by atoms with Crippen LogP contribution in [0.3, 0.4) is 0 Å². The van der Waals surface area contributed by atoms with Crippen LogP contribution in [0.15, 0.2) is 83.0 Å². The van der Waals surface area contributed by atoms with Crippen molar-refractivity contribution in [2.75, 3.05) is 12.0 Å².